The number of aromatic nitrogens is 2. The molecular weight excluding hydrogens is 390 g/mol. The van der Waals surface area contributed by atoms with Crippen molar-refractivity contribution in [2.45, 2.75) is 51.1 Å². The van der Waals surface area contributed by atoms with E-state index in [2.05, 4.69) is 37.1 Å². The summed E-state index contributed by atoms with van der Waals surface area (Å²) >= 11 is 3.16. The van der Waals surface area contributed by atoms with E-state index >= 15 is 0 Å². The van der Waals surface area contributed by atoms with Crippen molar-refractivity contribution in [2.75, 3.05) is 11.1 Å². The number of hydrogen-bond acceptors (Lipinski definition) is 6. The van der Waals surface area contributed by atoms with Crippen LogP contribution in [0, 0.1) is 11.3 Å². The number of unbranched alkanes of at least 4 members (excludes halogenated alkanes) is 1. The topological polar surface area (TPSA) is 74.8 Å². The molecule has 0 spiro atoms. The lowest BCUT2D eigenvalue weighted by Crippen LogP contribution is -2.41. The lowest BCUT2D eigenvalue weighted by atomic mass is 9.68. The summed E-state index contributed by atoms with van der Waals surface area (Å²) in [6.07, 6.45) is 4.81. The van der Waals surface area contributed by atoms with Crippen LogP contribution >= 0.6 is 23.1 Å². The van der Waals surface area contributed by atoms with E-state index in [-0.39, 0.29) is 28.6 Å². The highest BCUT2D eigenvalue weighted by Gasteiger charge is 2.45. The molecule has 0 unspecified atom stereocenters. The Bertz CT molecular complexity index is 976. The first kappa shape index (κ1) is 19.5. The van der Waals surface area contributed by atoms with E-state index < -0.39 is 0 Å². The molecule has 7 heteroatoms. The SMILES string of the molecule is CCCCSc1nc2c(c(=O)[nH]1)[C@H](c1cccs1)[C@H]1C(=O)CC(C)(C)C=C1N2. The number of hydrogen-bond donors (Lipinski definition) is 2. The first-order chi connectivity index (χ1) is 13.4. The molecule has 0 fully saturated rings. The van der Waals surface area contributed by atoms with E-state index in [1.54, 1.807) is 23.1 Å². The minimum atomic E-state index is -0.347. The number of allylic oxidation sites excluding steroid dienone is 2. The van der Waals surface area contributed by atoms with Gasteiger partial charge in [0, 0.05) is 28.7 Å². The second-order valence-electron chi connectivity index (χ2n) is 8.16. The smallest absolute Gasteiger partial charge is 0.257 e. The van der Waals surface area contributed by atoms with Gasteiger partial charge in [0.2, 0.25) is 0 Å². The van der Waals surface area contributed by atoms with E-state index in [9.17, 15) is 9.59 Å². The van der Waals surface area contributed by atoms with E-state index in [0.717, 1.165) is 29.2 Å². The number of Topliss-reactive ketones (excluding diaryl/α,β-unsaturated/α-hetero) is 1. The van der Waals surface area contributed by atoms with Gasteiger partial charge in [0.15, 0.2) is 5.16 Å². The molecule has 0 aromatic carbocycles. The van der Waals surface area contributed by atoms with Crippen molar-refractivity contribution >= 4 is 34.7 Å². The van der Waals surface area contributed by atoms with Crippen molar-refractivity contribution in [3.63, 3.8) is 0 Å². The average molecular weight is 416 g/mol. The predicted molar refractivity (Wildman–Crippen MR) is 115 cm³/mol. The van der Waals surface area contributed by atoms with Gasteiger partial charge < -0.3 is 10.3 Å². The van der Waals surface area contributed by atoms with Gasteiger partial charge in [-0.3, -0.25) is 9.59 Å². The molecule has 1 aliphatic heterocycles. The van der Waals surface area contributed by atoms with Crippen molar-refractivity contribution < 1.29 is 4.79 Å². The van der Waals surface area contributed by atoms with E-state index in [4.69, 9.17) is 4.98 Å². The monoisotopic (exact) mass is 415 g/mol. The highest BCUT2D eigenvalue weighted by molar-refractivity contribution is 7.99. The standard InChI is InChI=1S/C21H25N3O2S2/c1-4-5-8-28-20-23-18-17(19(26)24-20)16(14-7-6-9-27-14)15-12(22-18)10-21(2,3)11-13(15)25/h6-7,9-10,15-16H,4-5,8,11H2,1-3H3,(H2,22,23,24,26)/t15-,16-/m1/s1. The summed E-state index contributed by atoms with van der Waals surface area (Å²) in [6, 6.07) is 3.98. The van der Waals surface area contributed by atoms with E-state index in [1.165, 1.54) is 0 Å². The first-order valence-electron chi connectivity index (χ1n) is 9.72. The van der Waals surface area contributed by atoms with Gasteiger partial charge in [-0.25, -0.2) is 4.98 Å². The molecule has 2 atom stereocenters. The Morgan fingerprint density at radius 2 is 2.14 bits per heavy atom. The molecule has 0 amide bonds. The van der Waals surface area contributed by atoms with Crippen molar-refractivity contribution in [1.29, 1.82) is 0 Å². The average Bonchev–Trinajstić information content (AvgIpc) is 3.13. The van der Waals surface area contributed by atoms with Crippen LogP contribution in [0.25, 0.3) is 0 Å². The Labute approximate surface area is 173 Å². The molecule has 1 aliphatic carbocycles. The van der Waals surface area contributed by atoms with Gasteiger partial charge in [0.25, 0.3) is 5.56 Å². The Balaban J connectivity index is 1.84. The third-order valence-electron chi connectivity index (χ3n) is 5.29. The quantitative estimate of drug-likeness (QED) is 0.418. The van der Waals surface area contributed by atoms with E-state index in [0.29, 0.717) is 23.0 Å². The number of nitrogens with one attached hydrogen (secondary N) is 2. The molecule has 0 saturated carbocycles. The minimum Gasteiger partial charge on any atom is -0.343 e. The largest absolute Gasteiger partial charge is 0.343 e. The number of carbonyl (C=O) groups excluding carboxylic acids is 1. The molecule has 2 N–H and O–H groups in total. The number of rotatable bonds is 5. The fourth-order valence-corrected chi connectivity index (χ4v) is 5.90. The number of fused-ring (bicyclic) bond motifs is 2. The number of ketones is 1. The van der Waals surface area contributed by atoms with Gasteiger partial charge in [-0.2, -0.15) is 0 Å². The fraction of sp³-hybridized carbons (Fsp3) is 0.476. The maximum Gasteiger partial charge on any atom is 0.257 e. The highest BCUT2D eigenvalue weighted by atomic mass is 32.2. The number of anilines is 1. The van der Waals surface area contributed by atoms with Crippen LogP contribution in [0.1, 0.15) is 56.4 Å². The first-order valence-corrected chi connectivity index (χ1v) is 11.6. The van der Waals surface area contributed by atoms with Crippen LogP contribution in [0.3, 0.4) is 0 Å². The zero-order chi connectivity index (χ0) is 19.9. The summed E-state index contributed by atoms with van der Waals surface area (Å²) in [7, 11) is 0. The number of carbonyl (C=O) groups is 1. The van der Waals surface area contributed by atoms with E-state index in [1.807, 2.05) is 17.5 Å². The molecule has 2 aromatic heterocycles. The second kappa shape index (κ2) is 7.52. The molecule has 148 valence electrons. The molecular formula is C21H25N3O2S2. The Hall–Kier alpha value is -1.86. The van der Waals surface area contributed by atoms with Crippen LogP contribution in [-0.4, -0.2) is 21.5 Å². The molecule has 0 bridgehead atoms. The van der Waals surface area contributed by atoms with Crippen molar-refractivity contribution in [3.05, 3.63) is 50.1 Å². The van der Waals surface area contributed by atoms with Crippen LogP contribution in [0.15, 0.2) is 39.2 Å². The Morgan fingerprint density at radius 3 is 2.86 bits per heavy atom. The number of H-pyrrole nitrogens is 1. The molecule has 4 rings (SSSR count). The fourth-order valence-electron chi connectivity index (χ4n) is 4.08. The van der Waals surface area contributed by atoms with Crippen molar-refractivity contribution in [1.82, 2.24) is 9.97 Å². The van der Waals surface area contributed by atoms with Crippen LogP contribution in [0.4, 0.5) is 5.82 Å². The molecule has 2 aliphatic rings. The summed E-state index contributed by atoms with van der Waals surface area (Å²) in [4.78, 5) is 34.9. The van der Waals surface area contributed by atoms with Gasteiger partial charge in [-0.15, -0.1) is 11.3 Å². The normalized spacial score (nSPS) is 22.8. The van der Waals surface area contributed by atoms with Gasteiger partial charge in [0.05, 0.1) is 11.5 Å². The molecule has 2 aromatic rings. The predicted octanol–water partition coefficient (Wildman–Crippen LogP) is 4.78. The third-order valence-corrected chi connectivity index (χ3v) is 7.20. The van der Waals surface area contributed by atoms with Crippen LogP contribution in [-0.2, 0) is 4.79 Å². The maximum atomic E-state index is 13.1. The molecule has 28 heavy (non-hydrogen) atoms. The van der Waals surface area contributed by atoms with Crippen molar-refractivity contribution in [3.8, 4) is 0 Å². The third kappa shape index (κ3) is 3.57. The van der Waals surface area contributed by atoms with Crippen molar-refractivity contribution in [2.24, 2.45) is 11.3 Å². The lowest BCUT2D eigenvalue weighted by Gasteiger charge is -2.40. The Kier molecular flexibility index (Phi) is 5.22. The molecule has 5 nitrogen and oxygen atoms in total. The van der Waals surface area contributed by atoms with Gasteiger partial charge in [0.1, 0.15) is 11.6 Å². The zero-order valence-corrected chi connectivity index (χ0v) is 18.0. The number of nitrogens with zero attached hydrogens (tertiary/aromatic N) is 1. The van der Waals surface area contributed by atoms with Crippen LogP contribution in [0.2, 0.25) is 0 Å². The van der Waals surface area contributed by atoms with Crippen LogP contribution in [0.5, 0.6) is 0 Å². The molecule has 0 radical (unpaired) electrons. The number of thioether (sulfide) groups is 1. The van der Waals surface area contributed by atoms with Gasteiger partial charge >= 0.3 is 0 Å². The summed E-state index contributed by atoms with van der Waals surface area (Å²) < 4.78 is 0. The number of thiophene rings is 1. The number of aromatic amines is 1. The molecule has 3 heterocycles. The Morgan fingerprint density at radius 1 is 1.32 bits per heavy atom. The van der Waals surface area contributed by atoms with Gasteiger partial charge in [-0.05, 0) is 23.3 Å². The summed E-state index contributed by atoms with van der Waals surface area (Å²) in [5.41, 5.74) is 1.12. The summed E-state index contributed by atoms with van der Waals surface area (Å²) in [5, 5.41) is 5.98. The van der Waals surface area contributed by atoms with Gasteiger partial charge in [-0.1, -0.05) is 51.1 Å². The zero-order valence-electron chi connectivity index (χ0n) is 16.4. The lowest BCUT2D eigenvalue weighted by molar-refractivity contribution is -0.124. The summed E-state index contributed by atoms with van der Waals surface area (Å²) in [5.74, 6) is 1.07. The molecule has 0 saturated heterocycles. The highest BCUT2D eigenvalue weighted by Crippen LogP contribution is 2.48. The minimum absolute atomic E-state index is 0.147. The second-order valence-corrected chi connectivity index (χ2v) is 10.2. The maximum absolute atomic E-state index is 13.1. The summed E-state index contributed by atoms with van der Waals surface area (Å²) in [6.45, 7) is 6.29. The van der Waals surface area contributed by atoms with Crippen LogP contribution < -0.4 is 10.9 Å².